The summed E-state index contributed by atoms with van der Waals surface area (Å²) >= 11 is 25.4. The van der Waals surface area contributed by atoms with Crippen molar-refractivity contribution >= 4 is 90.7 Å². The zero-order valence-electron chi connectivity index (χ0n) is 14.0. The number of halogens is 4. The molecule has 3 aromatic rings. The maximum Gasteiger partial charge on any atom is 0.0844 e. The second-order valence-corrected chi connectivity index (χ2v) is 8.01. The highest BCUT2D eigenvalue weighted by molar-refractivity contribution is 6.52. The molecule has 8 heteroatoms. The van der Waals surface area contributed by atoms with Gasteiger partial charge < -0.3 is 9.97 Å². The molecule has 8 bridgehead atoms. The first-order chi connectivity index (χ1) is 13.4. The molecule has 5 rings (SSSR count). The number of hydrogen-bond acceptors (Lipinski definition) is 2. The number of aromatic amines is 2. The summed E-state index contributed by atoms with van der Waals surface area (Å²) in [6.45, 7) is 0. The molecule has 0 saturated carbocycles. The summed E-state index contributed by atoms with van der Waals surface area (Å²) in [6.07, 6.45) is 3.57. The fourth-order valence-corrected chi connectivity index (χ4v) is 3.95. The van der Waals surface area contributed by atoms with E-state index in [1.54, 1.807) is 12.2 Å². The van der Waals surface area contributed by atoms with Crippen LogP contribution >= 0.6 is 46.4 Å². The maximum atomic E-state index is 6.37. The summed E-state index contributed by atoms with van der Waals surface area (Å²) in [5, 5.41) is 2.20. The molecule has 0 spiro atoms. The summed E-state index contributed by atoms with van der Waals surface area (Å²) in [5.41, 5.74) is 5.65. The highest BCUT2D eigenvalue weighted by Crippen LogP contribution is 2.30. The highest BCUT2D eigenvalue weighted by atomic mass is 35.5. The van der Waals surface area contributed by atoms with Crippen molar-refractivity contribution in [3.8, 4) is 0 Å². The van der Waals surface area contributed by atoms with Crippen LogP contribution in [0.3, 0.4) is 0 Å². The lowest BCUT2D eigenvalue weighted by atomic mass is 10.3. The first kappa shape index (κ1) is 17.8. The van der Waals surface area contributed by atoms with Gasteiger partial charge >= 0.3 is 0 Å². The van der Waals surface area contributed by atoms with Gasteiger partial charge in [0.15, 0.2) is 0 Å². The van der Waals surface area contributed by atoms with E-state index in [-0.39, 0.29) is 0 Å². The SMILES string of the molecule is ClC1=Cc2cc3[nH]c(cc4nc(cc5[nH]c(cc1n2)cc5Cl)C=C4Cl)cc3Cl. The predicted molar refractivity (Wildman–Crippen MR) is 118 cm³/mol. The van der Waals surface area contributed by atoms with Gasteiger partial charge in [-0.3, -0.25) is 0 Å². The fourth-order valence-electron chi connectivity index (χ4n) is 3.09. The Hall–Kier alpha value is -2.24. The van der Waals surface area contributed by atoms with Gasteiger partial charge in [0.2, 0.25) is 0 Å². The Morgan fingerprint density at radius 2 is 1.00 bits per heavy atom. The summed E-state index contributed by atoms with van der Waals surface area (Å²) in [4.78, 5) is 15.6. The van der Waals surface area contributed by atoms with Gasteiger partial charge in [-0.1, -0.05) is 46.4 Å². The summed E-state index contributed by atoms with van der Waals surface area (Å²) in [6, 6.07) is 11.0. The molecule has 138 valence electrons. The van der Waals surface area contributed by atoms with E-state index >= 15 is 0 Å². The molecule has 0 amide bonds. The number of hydrogen-bond donors (Lipinski definition) is 2. The van der Waals surface area contributed by atoms with Crippen molar-refractivity contribution in [3.05, 3.63) is 69.2 Å². The molecular formula is C20H10Cl4N4. The Kier molecular flexibility index (Phi) is 4.25. The van der Waals surface area contributed by atoms with Gasteiger partial charge in [0, 0.05) is 11.0 Å². The molecule has 2 aliphatic heterocycles. The van der Waals surface area contributed by atoms with Gasteiger partial charge in [-0.15, -0.1) is 0 Å². The number of aromatic nitrogens is 4. The largest absolute Gasteiger partial charge is 0.354 e. The molecule has 2 aliphatic rings. The smallest absolute Gasteiger partial charge is 0.0844 e. The molecule has 0 radical (unpaired) electrons. The Morgan fingerprint density at radius 3 is 1.43 bits per heavy atom. The van der Waals surface area contributed by atoms with Gasteiger partial charge in [-0.25, -0.2) is 9.97 Å². The average Bonchev–Trinajstić information content (AvgIpc) is 3.33. The van der Waals surface area contributed by atoms with Gasteiger partial charge in [-0.05, 0) is 48.6 Å². The van der Waals surface area contributed by atoms with Gasteiger partial charge in [0.05, 0.1) is 53.9 Å². The number of nitrogens with zero attached hydrogens (tertiary/aromatic N) is 2. The molecule has 0 fully saturated rings. The minimum Gasteiger partial charge on any atom is -0.354 e. The van der Waals surface area contributed by atoms with Crippen LogP contribution in [0.2, 0.25) is 10.0 Å². The van der Waals surface area contributed by atoms with Gasteiger partial charge in [0.25, 0.3) is 0 Å². The Labute approximate surface area is 179 Å². The molecule has 3 aromatic heterocycles. The molecule has 0 aromatic carbocycles. The van der Waals surface area contributed by atoms with E-state index in [0.717, 1.165) is 22.1 Å². The topological polar surface area (TPSA) is 57.4 Å². The second kappa shape index (κ2) is 6.68. The van der Waals surface area contributed by atoms with Crippen molar-refractivity contribution < 1.29 is 0 Å². The Bertz CT molecular complexity index is 1260. The predicted octanol–water partition coefficient (Wildman–Crippen LogP) is 7.10. The summed E-state index contributed by atoms with van der Waals surface area (Å²) in [7, 11) is 0. The monoisotopic (exact) mass is 446 g/mol. The van der Waals surface area contributed by atoms with Crippen LogP contribution in [0.4, 0.5) is 0 Å². The third kappa shape index (κ3) is 3.23. The first-order valence-corrected chi connectivity index (χ1v) is 9.78. The van der Waals surface area contributed by atoms with Gasteiger partial charge in [0.1, 0.15) is 0 Å². The van der Waals surface area contributed by atoms with Crippen molar-refractivity contribution in [1.82, 2.24) is 19.9 Å². The van der Waals surface area contributed by atoms with E-state index < -0.39 is 0 Å². The van der Waals surface area contributed by atoms with Crippen LogP contribution in [-0.4, -0.2) is 19.9 Å². The number of H-pyrrole nitrogens is 2. The van der Waals surface area contributed by atoms with Gasteiger partial charge in [-0.2, -0.15) is 0 Å². The maximum absolute atomic E-state index is 6.37. The molecule has 0 aliphatic carbocycles. The lowest BCUT2D eigenvalue weighted by Crippen LogP contribution is -1.77. The molecule has 0 saturated heterocycles. The van der Waals surface area contributed by atoms with Crippen LogP contribution in [0, 0.1) is 0 Å². The van der Waals surface area contributed by atoms with Crippen LogP contribution in [0.5, 0.6) is 0 Å². The van der Waals surface area contributed by atoms with E-state index in [9.17, 15) is 0 Å². The Balaban J connectivity index is 1.91. The third-order valence-corrected chi connectivity index (χ3v) is 5.57. The van der Waals surface area contributed by atoms with E-state index in [4.69, 9.17) is 46.4 Å². The highest BCUT2D eigenvalue weighted by Gasteiger charge is 2.11. The van der Waals surface area contributed by atoms with Crippen LogP contribution in [-0.2, 0) is 0 Å². The van der Waals surface area contributed by atoms with Crippen molar-refractivity contribution in [2.24, 2.45) is 0 Å². The summed E-state index contributed by atoms with van der Waals surface area (Å²) in [5.74, 6) is 0. The minimum atomic E-state index is 0.537. The average molecular weight is 448 g/mol. The molecule has 0 atom stereocenters. The Morgan fingerprint density at radius 1 is 0.571 bits per heavy atom. The quantitative estimate of drug-likeness (QED) is 0.386. The molecule has 5 heterocycles. The molecule has 28 heavy (non-hydrogen) atoms. The van der Waals surface area contributed by atoms with Crippen molar-refractivity contribution in [2.45, 2.75) is 0 Å². The van der Waals surface area contributed by atoms with Crippen LogP contribution < -0.4 is 0 Å². The van der Waals surface area contributed by atoms with Crippen molar-refractivity contribution in [1.29, 1.82) is 0 Å². The fraction of sp³-hybridized carbons (Fsp3) is 0. The standard InChI is InChI=1S/C20H10Cl4N4/c21-13-1-9-5-18-14(22)3-11(26-18)7-20-16(24)4-12(28-20)8-19-15(23)2-10(27-19)6-17(13)25-9/h1-8,25,28H. The normalized spacial score (nSPS) is 13.4. The third-order valence-electron chi connectivity index (χ3n) is 4.34. The van der Waals surface area contributed by atoms with E-state index in [1.165, 1.54) is 0 Å². The van der Waals surface area contributed by atoms with Crippen LogP contribution in [0.15, 0.2) is 36.4 Å². The lowest BCUT2D eigenvalue weighted by molar-refractivity contribution is 1.31. The molecule has 4 nitrogen and oxygen atoms in total. The summed E-state index contributed by atoms with van der Waals surface area (Å²) < 4.78 is 0. The van der Waals surface area contributed by atoms with E-state index in [2.05, 4.69) is 19.9 Å². The molecular weight excluding hydrogens is 438 g/mol. The number of fused-ring (bicyclic) bond motifs is 8. The molecule has 2 N–H and O–H groups in total. The van der Waals surface area contributed by atoms with Crippen molar-refractivity contribution in [3.63, 3.8) is 0 Å². The minimum absolute atomic E-state index is 0.537. The zero-order valence-corrected chi connectivity index (χ0v) is 17.0. The zero-order chi connectivity index (χ0) is 19.4. The second-order valence-electron chi connectivity index (χ2n) is 6.38. The molecule has 0 unspecified atom stereocenters. The van der Waals surface area contributed by atoms with Crippen molar-refractivity contribution in [2.75, 3.05) is 0 Å². The van der Waals surface area contributed by atoms with E-state index in [1.807, 2.05) is 36.4 Å². The lowest BCUT2D eigenvalue weighted by Gasteiger charge is -1.87. The van der Waals surface area contributed by atoms with E-state index in [0.29, 0.717) is 42.9 Å². The first-order valence-electron chi connectivity index (χ1n) is 8.27. The number of nitrogens with one attached hydrogen (secondary N) is 2. The van der Waals surface area contributed by atoms with Crippen LogP contribution in [0.1, 0.15) is 22.8 Å². The number of rotatable bonds is 0. The van der Waals surface area contributed by atoms with Crippen LogP contribution in [0.25, 0.3) is 44.3 Å².